The number of benzene rings is 2. The lowest BCUT2D eigenvalue weighted by Crippen LogP contribution is -2.34. The predicted octanol–water partition coefficient (Wildman–Crippen LogP) is 3.95. The number of hydrogen-bond donors (Lipinski definition) is 1. The topological polar surface area (TPSA) is 75.7 Å². The van der Waals surface area contributed by atoms with Crippen LogP contribution in [0.25, 0.3) is 0 Å². The average molecular weight is 453 g/mol. The Labute approximate surface area is 167 Å². The summed E-state index contributed by atoms with van der Waals surface area (Å²) < 4.78 is 35.2. The molecule has 8 heteroatoms. The Balaban J connectivity index is 2.11. The lowest BCUT2D eigenvalue weighted by Gasteiger charge is -2.23. The molecule has 1 aliphatic heterocycles. The van der Waals surface area contributed by atoms with Gasteiger partial charge in [0.2, 0.25) is 5.91 Å². The summed E-state index contributed by atoms with van der Waals surface area (Å²) in [7, 11) is -3.95. The quantitative estimate of drug-likeness (QED) is 0.744. The number of sulfonamides is 1. The molecule has 1 amide bonds. The van der Waals surface area contributed by atoms with E-state index in [1.807, 2.05) is 19.9 Å². The Bertz CT molecular complexity index is 991. The fourth-order valence-corrected chi connectivity index (χ4v) is 5.38. The summed E-state index contributed by atoms with van der Waals surface area (Å²) in [6.45, 7) is 5.60. The average Bonchev–Trinajstić information content (AvgIpc) is 2.91. The molecule has 6 nitrogen and oxygen atoms in total. The van der Waals surface area contributed by atoms with Gasteiger partial charge in [0.25, 0.3) is 10.0 Å². The number of carbonyl (C=O) groups is 1. The molecule has 27 heavy (non-hydrogen) atoms. The molecule has 0 radical (unpaired) electrons. The second-order valence-corrected chi connectivity index (χ2v) is 8.95. The molecule has 1 N–H and O–H groups in total. The van der Waals surface area contributed by atoms with E-state index in [0.29, 0.717) is 34.6 Å². The maximum Gasteiger partial charge on any atom is 0.264 e. The highest BCUT2D eigenvalue weighted by atomic mass is 79.9. The molecule has 144 valence electrons. The molecule has 0 spiro atoms. The highest BCUT2D eigenvalue weighted by molar-refractivity contribution is 9.10. The second-order valence-electron chi connectivity index (χ2n) is 6.39. The van der Waals surface area contributed by atoms with Gasteiger partial charge in [-0.1, -0.05) is 28.1 Å². The molecular weight excluding hydrogens is 432 g/mol. The first-order valence-electron chi connectivity index (χ1n) is 8.61. The number of hydrogen-bond acceptors (Lipinski definition) is 4. The van der Waals surface area contributed by atoms with Crippen LogP contribution in [0.1, 0.15) is 26.3 Å². The maximum atomic E-state index is 13.2. The van der Waals surface area contributed by atoms with Gasteiger partial charge in [-0.05, 0) is 50.1 Å². The molecule has 1 atom stereocenters. The van der Waals surface area contributed by atoms with Gasteiger partial charge < -0.3 is 9.64 Å². The highest BCUT2D eigenvalue weighted by Crippen LogP contribution is 2.41. The van der Waals surface area contributed by atoms with Crippen molar-refractivity contribution in [3.8, 4) is 5.75 Å². The minimum atomic E-state index is -3.95. The molecule has 1 unspecified atom stereocenters. The zero-order chi connectivity index (χ0) is 19.8. The molecule has 0 aromatic heterocycles. The van der Waals surface area contributed by atoms with Gasteiger partial charge in [0.1, 0.15) is 10.6 Å². The van der Waals surface area contributed by atoms with Gasteiger partial charge in [0.15, 0.2) is 0 Å². The maximum absolute atomic E-state index is 13.2. The van der Waals surface area contributed by atoms with E-state index < -0.39 is 10.0 Å². The summed E-state index contributed by atoms with van der Waals surface area (Å²) in [5, 5.41) is 0. The Kier molecular flexibility index (Phi) is 5.48. The number of halogens is 1. The van der Waals surface area contributed by atoms with Crippen LogP contribution in [0.3, 0.4) is 0 Å². The number of rotatable bonds is 5. The lowest BCUT2D eigenvalue weighted by molar-refractivity contribution is -0.116. The van der Waals surface area contributed by atoms with Crippen molar-refractivity contribution in [3.63, 3.8) is 0 Å². The van der Waals surface area contributed by atoms with E-state index in [1.54, 1.807) is 29.2 Å². The first-order chi connectivity index (χ1) is 12.7. The minimum Gasteiger partial charge on any atom is -0.492 e. The minimum absolute atomic E-state index is 0.0673. The molecule has 2 aromatic carbocycles. The molecule has 3 rings (SSSR count). The van der Waals surface area contributed by atoms with Crippen molar-refractivity contribution in [3.05, 3.63) is 46.4 Å². The van der Waals surface area contributed by atoms with E-state index in [4.69, 9.17) is 4.74 Å². The van der Waals surface area contributed by atoms with Crippen molar-refractivity contribution < 1.29 is 17.9 Å². The largest absolute Gasteiger partial charge is 0.492 e. The van der Waals surface area contributed by atoms with Crippen LogP contribution in [-0.2, 0) is 21.2 Å². The van der Waals surface area contributed by atoms with E-state index in [-0.39, 0.29) is 16.8 Å². The Morgan fingerprint density at radius 1 is 1.33 bits per heavy atom. The third kappa shape index (κ3) is 3.82. The SMILES string of the molecule is CCOc1ccccc1NS(=O)(=O)c1cc(Br)cc2c1N(C(C)=O)C(C)C2. The van der Waals surface area contributed by atoms with Crippen molar-refractivity contribution in [2.24, 2.45) is 0 Å². The Hall–Kier alpha value is -2.06. The van der Waals surface area contributed by atoms with Crippen LogP contribution in [0.4, 0.5) is 11.4 Å². The summed E-state index contributed by atoms with van der Waals surface area (Å²) in [6.07, 6.45) is 0.604. The van der Waals surface area contributed by atoms with Crippen molar-refractivity contribution in [1.82, 2.24) is 0 Å². The molecule has 1 heterocycles. The van der Waals surface area contributed by atoms with Crippen molar-refractivity contribution in [1.29, 1.82) is 0 Å². The van der Waals surface area contributed by atoms with Gasteiger partial charge in [0.05, 0.1) is 18.0 Å². The molecule has 0 fully saturated rings. The van der Waals surface area contributed by atoms with Crippen LogP contribution in [0.5, 0.6) is 5.75 Å². The molecule has 0 aliphatic carbocycles. The number of ether oxygens (including phenoxy) is 1. The van der Waals surface area contributed by atoms with Crippen LogP contribution < -0.4 is 14.4 Å². The molecule has 0 bridgehead atoms. The fourth-order valence-electron chi connectivity index (χ4n) is 3.39. The Morgan fingerprint density at radius 3 is 2.70 bits per heavy atom. The van der Waals surface area contributed by atoms with Gasteiger partial charge in [-0.25, -0.2) is 8.42 Å². The number of nitrogens with one attached hydrogen (secondary N) is 1. The standard InChI is InChI=1S/C19H21BrN2O4S/c1-4-26-17-8-6-5-7-16(17)21-27(24,25)18-11-15(20)10-14-9-12(2)22(13(3)23)19(14)18/h5-8,10-12,21H,4,9H2,1-3H3. The van der Waals surface area contributed by atoms with E-state index in [9.17, 15) is 13.2 Å². The monoisotopic (exact) mass is 452 g/mol. The summed E-state index contributed by atoms with van der Waals surface area (Å²) in [6, 6.07) is 10.1. The third-order valence-corrected chi connectivity index (χ3v) is 6.21. The van der Waals surface area contributed by atoms with E-state index >= 15 is 0 Å². The number of fused-ring (bicyclic) bond motifs is 1. The molecule has 0 saturated heterocycles. The number of amides is 1. The summed E-state index contributed by atoms with van der Waals surface area (Å²) in [5.74, 6) is 0.266. The van der Waals surface area contributed by atoms with Gasteiger partial charge in [-0.3, -0.25) is 9.52 Å². The number of para-hydroxylation sites is 2. The smallest absolute Gasteiger partial charge is 0.264 e. The van der Waals surface area contributed by atoms with Crippen molar-refractivity contribution in [2.45, 2.75) is 38.1 Å². The fraction of sp³-hybridized carbons (Fsp3) is 0.316. The number of carbonyl (C=O) groups excluding carboxylic acids is 1. The Morgan fingerprint density at radius 2 is 2.04 bits per heavy atom. The van der Waals surface area contributed by atoms with Crippen LogP contribution in [0.15, 0.2) is 45.8 Å². The summed E-state index contributed by atoms with van der Waals surface area (Å²) in [4.78, 5) is 13.8. The second kappa shape index (κ2) is 7.52. The lowest BCUT2D eigenvalue weighted by atomic mass is 10.1. The van der Waals surface area contributed by atoms with Crippen LogP contribution in [0, 0.1) is 0 Å². The normalized spacial score (nSPS) is 16.1. The first kappa shape index (κ1) is 19.7. The third-order valence-electron chi connectivity index (χ3n) is 4.38. The van der Waals surface area contributed by atoms with Gasteiger partial charge in [0, 0.05) is 17.4 Å². The molecular formula is C19H21BrN2O4S. The first-order valence-corrected chi connectivity index (χ1v) is 10.9. The van der Waals surface area contributed by atoms with Crippen LogP contribution in [-0.4, -0.2) is 27.0 Å². The van der Waals surface area contributed by atoms with Gasteiger partial charge in [-0.2, -0.15) is 0 Å². The van der Waals surface area contributed by atoms with E-state index in [1.165, 1.54) is 13.0 Å². The van der Waals surface area contributed by atoms with Crippen LogP contribution >= 0.6 is 15.9 Å². The van der Waals surface area contributed by atoms with Crippen LogP contribution in [0.2, 0.25) is 0 Å². The van der Waals surface area contributed by atoms with E-state index in [2.05, 4.69) is 20.7 Å². The number of nitrogens with zero attached hydrogens (tertiary/aromatic N) is 1. The summed E-state index contributed by atoms with van der Waals surface area (Å²) in [5.41, 5.74) is 1.62. The zero-order valence-electron chi connectivity index (χ0n) is 15.3. The predicted molar refractivity (Wildman–Crippen MR) is 109 cm³/mol. The molecule has 0 saturated carbocycles. The van der Waals surface area contributed by atoms with Gasteiger partial charge in [-0.15, -0.1) is 0 Å². The highest BCUT2D eigenvalue weighted by Gasteiger charge is 2.35. The van der Waals surface area contributed by atoms with Gasteiger partial charge >= 0.3 is 0 Å². The zero-order valence-corrected chi connectivity index (χ0v) is 17.7. The van der Waals surface area contributed by atoms with E-state index in [0.717, 1.165) is 5.56 Å². The van der Waals surface area contributed by atoms with Crippen molar-refractivity contribution in [2.75, 3.05) is 16.2 Å². The summed E-state index contributed by atoms with van der Waals surface area (Å²) >= 11 is 3.39. The molecule has 1 aliphatic rings. The number of anilines is 2. The molecule has 2 aromatic rings. The van der Waals surface area contributed by atoms with Crippen molar-refractivity contribution >= 4 is 43.2 Å².